The number of halogens is 5. The second-order valence-electron chi connectivity index (χ2n) is 8.06. The number of hydrogen-bond acceptors (Lipinski definition) is 3. The van der Waals surface area contributed by atoms with E-state index >= 15 is 0 Å². The number of amides is 1. The number of alkyl halides is 3. The first-order chi connectivity index (χ1) is 15.1. The molecule has 1 aliphatic heterocycles. The molecule has 4 nitrogen and oxygen atoms in total. The van der Waals surface area contributed by atoms with Gasteiger partial charge in [0.1, 0.15) is 5.69 Å². The van der Waals surface area contributed by atoms with Crippen molar-refractivity contribution in [2.75, 3.05) is 26.3 Å². The van der Waals surface area contributed by atoms with Gasteiger partial charge >= 0.3 is 6.18 Å². The molecule has 0 saturated carbocycles. The highest BCUT2D eigenvalue weighted by atomic mass is 35.5. The second kappa shape index (κ2) is 8.69. The van der Waals surface area contributed by atoms with Gasteiger partial charge in [0.15, 0.2) is 0 Å². The summed E-state index contributed by atoms with van der Waals surface area (Å²) in [6, 6.07) is 2.37. The summed E-state index contributed by atoms with van der Waals surface area (Å²) in [6.07, 6.45) is -0.808. The molecule has 1 aliphatic carbocycles. The van der Waals surface area contributed by atoms with Crippen LogP contribution in [-0.4, -0.2) is 42.1 Å². The van der Waals surface area contributed by atoms with E-state index in [-0.39, 0.29) is 22.5 Å². The minimum Gasteiger partial charge on any atom is -0.378 e. The summed E-state index contributed by atoms with van der Waals surface area (Å²) in [5, 5.41) is 0.482. The highest BCUT2D eigenvalue weighted by Gasteiger charge is 2.34. The number of nitrogens with zero attached hydrogens (tertiary/aromatic N) is 2. The number of morpholine rings is 1. The van der Waals surface area contributed by atoms with Crippen molar-refractivity contribution in [1.82, 2.24) is 9.88 Å². The Bertz CT molecular complexity index is 1110. The number of carbonyl (C=O) groups is 1. The Morgan fingerprint density at radius 3 is 2.59 bits per heavy atom. The first-order valence-electron chi connectivity index (χ1n) is 10.2. The average molecular weight is 485 g/mol. The molecule has 0 spiro atoms. The van der Waals surface area contributed by atoms with Crippen LogP contribution >= 0.6 is 23.2 Å². The normalized spacial score (nSPS) is 18.5. The maximum atomic E-state index is 13.3. The lowest BCUT2D eigenvalue weighted by atomic mass is 9.91. The first kappa shape index (κ1) is 23.1. The van der Waals surface area contributed by atoms with E-state index in [0.29, 0.717) is 54.4 Å². The van der Waals surface area contributed by atoms with Gasteiger partial charge in [0.05, 0.1) is 28.8 Å². The molecule has 32 heavy (non-hydrogen) atoms. The van der Waals surface area contributed by atoms with Crippen molar-refractivity contribution in [3.8, 4) is 0 Å². The maximum absolute atomic E-state index is 13.3. The van der Waals surface area contributed by atoms with E-state index in [1.54, 1.807) is 11.8 Å². The monoisotopic (exact) mass is 484 g/mol. The highest BCUT2D eigenvalue weighted by Crippen LogP contribution is 2.43. The van der Waals surface area contributed by atoms with Crippen molar-refractivity contribution >= 4 is 35.2 Å². The Labute approximate surface area is 194 Å². The predicted molar refractivity (Wildman–Crippen MR) is 117 cm³/mol. The molecule has 2 heterocycles. The summed E-state index contributed by atoms with van der Waals surface area (Å²) < 4.78 is 45.1. The average Bonchev–Trinajstić information content (AvgIpc) is 3.07. The molecule has 170 valence electrons. The van der Waals surface area contributed by atoms with Crippen LogP contribution in [0.5, 0.6) is 0 Å². The van der Waals surface area contributed by atoms with E-state index in [4.69, 9.17) is 27.9 Å². The predicted octanol–water partition coefficient (Wildman–Crippen LogP) is 5.93. The molecular weight excluding hydrogens is 464 g/mol. The van der Waals surface area contributed by atoms with E-state index in [1.165, 1.54) is 12.3 Å². The third-order valence-electron chi connectivity index (χ3n) is 6.05. The van der Waals surface area contributed by atoms with Crippen LogP contribution in [0.4, 0.5) is 13.2 Å². The number of aryl methyl sites for hydroxylation is 1. The van der Waals surface area contributed by atoms with Crippen LogP contribution in [-0.2, 0) is 17.3 Å². The largest absolute Gasteiger partial charge is 0.416 e. The van der Waals surface area contributed by atoms with E-state index in [0.717, 1.165) is 17.2 Å². The summed E-state index contributed by atoms with van der Waals surface area (Å²) >= 11 is 13.0. The van der Waals surface area contributed by atoms with Crippen LogP contribution in [0, 0.1) is 6.92 Å². The molecule has 0 N–H and O–H groups in total. The summed E-state index contributed by atoms with van der Waals surface area (Å²) in [5.41, 5.74) is 2.85. The molecular formula is C23H21Cl2F3N2O2. The summed E-state index contributed by atoms with van der Waals surface area (Å²) in [5.74, 6) is -0.539. The number of allylic oxidation sites excluding steroid dienone is 1. The van der Waals surface area contributed by atoms with Crippen molar-refractivity contribution in [2.45, 2.75) is 32.4 Å². The van der Waals surface area contributed by atoms with Gasteiger partial charge in [-0.25, -0.2) is 4.98 Å². The zero-order valence-electron chi connectivity index (χ0n) is 17.5. The van der Waals surface area contributed by atoms with Crippen LogP contribution in [0.2, 0.25) is 10.0 Å². The number of pyridine rings is 1. The lowest BCUT2D eigenvalue weighted by Crippen LogP contribution is -2.41. The van der Waals surface area contributed by atoms with Crippen LogP contribution in [0.25, 0.3) is 6.08 Å². The number of benzene rings is 1. The Morgan fingerprint density at radius 2 is 1.94 bits per heavy atom. The van der Waals surface area contributed by atoms with Crippen LogP contribution in [0.1, 0.15) is 51.1 Å². The molecule has 2 aliphatic rings. The Morgan fingerprint density at radius 1 is 1.25 bits per heavy atom. The van der Waals surface area contributed by atoms with Gasteiger partial charge in [-0.1, -0.05) is 41.8 Å². The quantitative estimate of drug-likeness (QED) is 0.541. The minimum absolute atomic E-state index is 0.118. The van der Waals surface area contributed by atoms with Crippen LogP contribution < -0.4 is 0 Å². The van der Waals surface area contributed by atoms with E-state index in [9.17, 15) is 18.0 Å². The number of rotatable bonds is 3. The van der Waals surface area contributed by atoms with E-state index in [1.807, 2.05) is 13.0 Å². The zero-order valence-corrected chi connectivity index (χ0v) is 19.0. The fourth-order valence-corrected chi connectivity index (χ4v) is 4.75. The third-order valence-corrected chi connectivity index (χ3v) is 6.78. The van der Waals surface area contributed by atoms with Crippen LogP contribution in [0.15, 0.2) is 23.9 Å². The van der Waals surface area contributed by atoms with Gasteiger partial charge in [0, 0.05) is 25.2 Å². The van der Waals surface area contributed by atoms with Gasteiger partial charge < -0.3 is 9.64 Å². The van der Waals surface area contributed by atoms with Gasteiger partial charge in [0.2, 0.25) is 0 Å². The van der Waals surface area contributed by atoms with Crippen molar-refractivity contribution in [2.24, 2.45) is 0 Å². The molecule has 0 bridgehead atoms. The molecule has 1 atom stereocenters. The van der Waals surface area contributed by atoms with Gasteiger partial charge in [-0.15, -0.1) is 0 Å². The standard InChI is InChI=1S/C23H21Cl2F3N2O2/c1-12-7-15(23(26,27)28)10-17-13(2)14(8-16(12)17)9-18-19(24)11-29-21(20(18)25)22(31)30-3-5-32-6-4-30/h7-8,10-11,13H,3-6,9H2,1-2H3. The SMILES string of the molecule is Cc1cc(C(F)(F)F)cc2c1C=C(Cc1c(Cl)cnc(C(=O)N3CCOCC3)c1Cl)C2C. The number of fused-ring (bicyclic) bond motifs is 1. The Balaban J connectivity index is 1.65. The number of carbonyl (C=O) groups excluding carboxylic acids is 1. The Hall–Kier alpha value is -2.09. The number of ether oxygens (including phenoxy) is 1. The lowest BCUT2D eigenvalue weighted by Gasteiger charge is -2.27. The molecule has 1 unspecified atom stereocenters. The molecule has 1 aromatic heterocycles. The highest BCUT2D eigenvalue weighted by molar-refractivity contribution is 6.37. The molecule has 1 saturated heterocycles. The Kier molecular flexibility index (Phi) is 6.27. The van der Waals surface area contributed by atoms with Crippen molar-refractivity contribution < 1.29 is 22.7 Å². The lowest BCUT2D eigenvalue weighted by molar-refractivity contribution is -0.137. The van der Waals surface area contributed by atoms with Crippen molar-refractivity contribution in [3.63, 3.8) is 0 Å². The van der Waals surface area contributed by atoms with Crippen LogP contribution in [0.3, 0.4) is 0 Å². The summed E-state index contributed by atoms with van der Waals surface area (Å²) in [4.78, 5) is 18.7. The molecule has 9 heteroatoms. The van der Waals surface area contributed by atoms with E-state index in [2.05, 4.69) is 4.98 Å². The van der Waals surface area contributed by atoms with Crippen molar-refractivity contribution in [3.05, 3.63) is 67.5 Å². The summed E-state index contributed by atoms with van der Waals surface area (Å²) in [7, 11) is 0. The summed E-state index contributed by atoms with van der Waals surface area (Å²) in [6.45, 7) is 5.34. The third kappa shape index (κ3) is 4.26. The minimum atomic E-state index is -4.41. The van der Waals surface area contributed by atoms with Gasteiger partial charge in [-0.05, 0) is 47.7 Å². The zero-order chi connectivity index (χ0) is 23.2. The van der Waals surface area contributed by atoms with Gasteiger partial charge in [-0.3, -0.25) is 4.79 Å². The smallest absolute Gasteiger partial charge is 0.378 e. The maximum Gasteiger partial charge on any atom is 0.416 e. The molecule has 1 amide bonds. The van der Waals surface area contributed by atoms with Gasteiger partial charge in [-0.2, -0.15) is 13.2 Å². The second-order valence-corrected chi connectivity index (χ2v) is 8.85. The number of aromatic nitrogens is 1. The first-order valence-corrected chi connectivity index (χ1v) is 11.0. The fourth-order valence-electron chi connectivity index (χ4n) is 4.19. The van der Waals surface area contributed by atoms with Gasteiger partial charge in [0.25, 0.3) is 5.91 Å². The fraction of sp³-hybridized carbons (Fsp3) is 0.391. The number of hydrogen-bond donors (Lipinski definition) is 0. The van der Waals surface area contributed by atoms with Crippen molar-refractivity contribution in [1.29, 1.82) is 0 Å². The topological polar surface area (TPSA) is 42.4 Å². The molecule has 0 radical (unpaired) electrons. The van der Waals surface area contributed by atoms with E-state index < -0.39 is 11.7 Å². The molecule has 4 rings (SSSR count). The molecule has 1 aromatic carbocycles. The molecule has 1 fully saturated rings. The molecule has 2 aromatic rings.